The van der Waals surface area contributed by atoms with Crippen molar-refractivity contribution < 1.29 is 9.18 Å². The Kier molecular flexibility index (Phi) is 4.18. The van der Waals surface area contributed by atoms with Gasteiger partial charge in [0.15, 0.2) is 11.5 Å². The van der Waals surface area contributed by atoms with Crippen molar-refractivity contribution in [2.24, 2.45) is 0 Å². The van der Waals surface area contributed by atoms with Gasteiger partial charge in [-0.3, -0.25) is 9.78 Å². The van der Waals surface area contributed by atoms with Crippen LogP contribution in [0.5, 0.6) is 0 Å². The third-order valence-electron chi connectivity index (χ3n) is 4.16. The van der Waals surface area contributed by atoms with E-state index in [9.17, 15) is 9.18 Å². The fourth-order valence-electron chi connectivity index (χ4n) is 2.91. The van der Waals surface area contributed by atoms with Crippen LogP contribution in [0.2, 0.25) is 0 Å². The van der Waals surface area contributed by atoms with Crippen molar-refractivity contribution in [3.05, 3.63) is 59.8 Å². The number of nitrogens with one attached hydrogen (secondary N) is 2. The number of amides is 1. The molecule has 4 heterocycles. The smallest absolute Gasteiger partial charge is 0.275 e. The van der Waals surface area contributed by atoms with E-state index in [1.165, 1.54) is 12.3 Å². The Morgan fingerprint density at radius 3 is 2.92 bits per heavy atom. The Labute approximate surface area is 149 Å². The van der Waals surface area contributed by atoms with Crippen molar-refractivity contribution in [1.82, 2.24) is 24.7 Å². The number of anilines is 1. The van der Waals surface area contributed by atoms with Gasteiger partial charge in [0, 0.05) is 25.0 Å². The number of halogens is 1. The Morgan fingerprint density at radius 1 is 1.31 bits per heavy atom. The predicted molar refractivity (Wildman–Crippen MR) is 95.3 cm³/mol. The minimum atomic E-state index is -0.504. The highest BCUT2D eigenvalue weighted by molar-refractivity contribution is 6.02. The maximum Gasteiger partial charge on any atom is 0.275 e. The number of fused-ring (bicyclic) bond motifs is 1. The Hall–Kier alpha value is -3.13. The molecule has 3 aromatic heterocycles. The van der Waals surface area contributed by atoms with E-state index in [1.807, 2.05) is 0 Å². The minimum Gasteiger partial charge on any atom is -0.319 e. The van der Waals surface area contributed by atoms with Crippen LogP contribution in [0.15, 0.2) is 36.9 Å². The molecule has 0 aliphatic carbocycles. The summed E-state index contributed by atoms with van der Waals surface area (Å²) in [5.74, 6) is -0.950. The molecule has 0 radical (unpaired) electrons. The SMILES string of the molecule is Cc1cn2cc(NC(=O)c3cnc(C4=CCNCC4)cn3)cc(F)c2n1. The molecule has 0 fully saturated rings. The first-order valence-corrected chi connectivity index (χ1v) is 8.28. The fraction of sp³-hybridized carbons (Fsp3) is 0.222. The van der Waals surface area contributed by atoms with Crippen LogP contribution >= 0.6 is 0 Å². The van der Waals surface area contributed by atoms with Crippen LogP contribution in [0.3, 0.4) is 0 Å². The molecule has 1 aliphatic rings. The number of pyridine rings is 1. The van der Waals surface area contributed by atoms with E-state index in [-0.39, 0.29) is 11.3 Å². The van der Waals surface area contributed by atoms with Gasteiger partial charge in [-0.05, 0) is 25.5 Å². The number of aromatic nitrogens is 4. The third-order valence-corrected chi connectivity index (χ3v) is 4.16. The molecular formula is C18H17FN6O. The molecular weight excluding hydrogens is 335 g/mol. The van der Waals surface area contributed by atoms with Gasteiger partial charge >= 0.3 is 0 Å². The van der Waals surface area contributed by atoms with Crippen molar-refractivity contribution in [2.45, 2.75) is 13.3 Å². The lowest BCUT2D eigenvalue weighted by atomic mass is 10.1. The zero-order valence-corrected chi connectivity index (χ0v) is 14.2. The van der Waals surface area contributed by atoms with Crippen LogP contribution in [0.4, 0.5) is 10.1 Å². The molecule has 132 valence electrons. The molecule has 8 heteroatoms. The van der Waals surface area contributed by atoms with Crippen LogP contribution in [0.1, 0.15) is 28.3 Å². The first-order valence-electron chi connectivity index (χ1n) is 8.28. The van der Waals surface area contributed by atoms with Crippen LogP contribution in [0.25, 0.3) is 11.2 Å². The van der Waals surface area contributed by atoms with E-state index in [4.69, 9.17) is 0 Å². The van der Waals surface area contributed by atoms with E-state index in [0.29, 0.717) is 11.4 Å². The topological polar surface area (TPSA) is 84.2 Å². The van der Waals surface area contributed by atoms with Crippen LogP contribution in [-0.4, -0.2) is 38.3 Å². The molecule has 0 bridgehead atoms. The number of rotatable bonds is 3. The Bertz CT molecular complexity index is 1010. The van der Waals surface area contributed by atoms with Crippen molar-refractivity contribution in [3.63, 3.8) is 0 Å². The van der Waals surface area contributed by atoms with Crippen molar-refractivity contribution in [2.75, 3.05) is 18.4 Å². The number of hydrogen-bond donors (Lipinski definition) is 2. The number of carbonyl (C=O) groups excluding carboxylic acids is 1. The maximum atomic E-state index is 14.1. The molecule has 7 nitrogen and oxygen atoms in total. The molecule has 2 N–H and O–H groups in total. The first kappa shape index (κ1) is 16.3. The van der Waals surface area contributed by atoms with Gasteiger partial charge in [-0.1, -0.05) is 6.08 Å². The largest absolute Gasteiger partial charge is 0.319 e. The average Bonchev–Trinajstić information content (AvgIpc) is 3.03. The van der Waals surface area contributed by atoms with E-state index in [2.05, 4.69) is 31.7 Å². The second kappa shape index (κ2) is 6.64. The highest BCUT2D eigenvalue weighted by Gasteiger charge is 2.13. The van der Waals surface area contributed by atoms with Crippen molar-refractivity contribution in [3.8, 4) is 0 Å². The van der Waals surface area contributed by atoms with Crippen LogP contribution < -0.4 is 10.6 Å². The monoisotopic (exact) mass is 352 g/mol. The van der Waals surface area contributed by atoms with Gasteiger partial charge in [0.2, 0.25) is 0 Å². The molecule has 0 spiro atoms. The number of carbonyl (C=O) groups is 1. The summed E-state index contributed by atoms with van der Waals surface area (Å²) < 4.78 is 15.6. The lowest BCUT2D eigenvalue weighted by molar-refractivity contribution is 0.102. The summed E-state index contributed by atoms with van der Waals surface area (Å²) in [4.78, 5) is 25.0. The average molecular weight is 352 g/mol. The second-order valence-corrected chi connectivity index (χ2v) is 6.11. The van der Waals surface area contributed by atoms with Gasteiger partial charge in [0.1, 0.15) is 5.69 Å². The molecule has 0 aromatic carbocycles. The van der Waals surface area contributed by atoms with Gasteiger partial charge in [-0.15, -0.1) is 0 Å². The number of aryl methyl sites for hydroxylation is 1. The summed E-state index contributed by atoms with van der Waals surface area (Å²) in [6.07, 6.45) is 9.27. The molecule has 26 heavy (non-hydrogen) atoms. The standard InChI is InChI=1S/C18H17FN6O/c1-11-9-25-10-13(6-14(19)17(25)23-11)24-18(26)16-8-21-15(7-22-16)12-2-4-20-5-3-12/h2,6-10,20H,3-5H2,1H3,(H,24,26). The van der Waals surface area contributed by atoms with Gasteiger partial charge in [0.05, 0.1) is 29.5 Å². The summed E-state index contributed by atoms with van der Waals surface area (Å²) in [5, 5.41) is 5.88. The molecule has 3 aromatic rings. The summed E-state index contributed by atoms with van der Waals surface area (Å²) in [6.45, 7) is 3.48. The molecule has 1 amide bonds. The first-order chi connectivity index (χ1) is 12.6. The molecule has 1 aliphatic heterocycles. The number of hydrogen-bond acceptors (Lipinski definition) is 5. The summed E-state index contributed by atoms with van der Waals surface area (Å²) in [6, 6.07) is 1.24. The third kappa shape index (κ3) is 3.18. The van der Waals surface area contributed by atoms with Gasteiger partial charge < -0.3 is 15.0 Å². The maximum absolute atomic E-state index is 14.1. The molecule has 4 rings (SSSR count). The van der Waals surface area contributed by atoms with E-state index in [1.54, 1.807) is 29.9 Å². The predicted octanol–water partition coefficient (Wildman–Crippen LogP) is 2.20. The normalized spacial score (nSPS) is 14.3. The quantitative estimate of drug-likeness (QED) is 0.755. The highest BCUT2D eigenvalue weighted by atomic mass is 19.1. The fourth-order valence-corrected chi connectivity index (χ4v) is 2.91. The molecule has 0 saturated carbocycles. The summed E-state index contributed by atoms with van der Waals surface area (Å²) in [7, 11) is 0. The summed E-state index contributed by atoms with van der Waals surface area (Å²) >= 11 is 0. The Morgan fingerprint density at radius 2 is 2.19 bits per heavy atom. The minimum absolute atomic E-state index is 0.172. The van der Waals surface area contributed by atoms with Gasteiger partial charge in [-0.2, -0.15) is 0 Å². The molecule has 0 unspecified atom stereocenters. The van der Waals surface area contributed by atoms with E-state index < -0.39 is 11.7 Å². The molecule has 0 atom stereocenters. The Balaban J connectivity index is 1.53. The van der Waals surface area contributed by atoms with Crippen molar-refractivity contribution in [1.29, 1.82) is 0 Å². The lowest BCUT2D eigenvalue weighted by Gasteiger charge is -2.13. The lowest BCUT2D eigenvalue weighted by Crippen LogP contribution is -2.20. The van der Waals surface area contributed by atoms with Crippen LogP contribution in [-0.2, 0) is 0 Å². The molecule has 0 saturated heterocycles. The number of nitrogens with zero attached hydrogens (tertiary/aromatic N) is 4. The number of imidazole rings is 1. The zero-order chi connectivity index (χ0) is 18.1. The zero-order valence-electron chi connectivity index (χ0n) is 14.2. The summed E-state index contributed by atoms with van der Waals surface area (Å²) in [5.41, 5.74) is 3.30. The second-order valence-electron chi connectivity index (χ2n) is 6.11. The van der Waals surface area contributed by atoms with Crippen LogP contribution in [0, 0.1) is 12.7 Å². The van der Waals surface area contributed by atoms with Crippen molar-refractivity contribution >= 4 is 22.8 Å². The van der Waals surface area contributed by atoms with Gasteiger partial charge in [0.25, 0.3) is 5.91 Å². The van der Waals surface area contributed by atoms with E-state index >= 15 is 0 Å². The van der Waals surface area contributed by atoms with Gasteiger partial charge in [-0.25, -0.2) is 14.4 Å². The van der Waals surface area contributed by atoms with E-state index in [0.717, 1.165) is 30.8 Å². The highest BCUT2D eigenvalue weighted by Crippen LogP contribution is 2.18.